The van der Waals surface area contributed by atoms with Crippen LogP contribution in [0.25, 0.3) is 0 Å². The normalized spacial score (nSPS) is 27.3. The summed E-state index contributed by atoms with van der Waals surface area (Å²) in [7, 11) is 0. The molecular formula is C12H19NO2. The van der Waals surface area contributed by atoms with Crippen LogP contribution < -0.4 is 5.32 Å². The number of nitrogens with one attached hydrogen (secondary N) is 1. The lowest BCUT2D eigenvalue weighted by Crippen LogP contribution is -2.44. The third-order valence-electron chi connectivity index (χ3n) is 2.61. The van der Waals surface area contributed by atoms with Gasteiger partial charge in [-0.3, -0.25) is 4.79 Å². The molecule has 84 valence electrons. The van der Waals surface area contributed by atoms with E-state index in [-0.39, 0.29) is 18.1 Å². The molecule has 0 spiro atoms. The van der Waals surface area contributed by atoms with E-state index in [0.29, 0.717) is 0 Å². The summed E-state index contributed by atoms with van der Waals surface area (Å²) < 4.78 is 0. The molecule has 0 aliphatic heterocycles. The van der Waals surface area contributed by atoms with Gasteiger partial charge in [0.2, 0.25) is 5.91 Å². The van der Waals surface area contributed by atoms with Crippen molar-refractivity contribution in [3.63, 3.8) is 0 Å². The standard InChI is InChI=1S/C12H19NO2/c1-2-3-4-9-12(15)13-10-7-5-6-8-11(10)14/h2-4,9-11,14H,5-8H2,1H3,(H,13,15). The van der Waals surface area contributed by atoms with E-state index < -0.39 is 0 Å². The van der Waals surface area contributed by atoms with Crippen LogP contribution in [0.2, 0.25) is 0 Å². The van der Waals surface area contributed by atoms with Gasteiger partial charge < -0.3 is 10.4 Å². The highest BCUT2D eigenvalue weighted by Crippen LogP contribution is 2.18. The van der Waals surface area contributed by atoms with Crippen LogP contribution in [-0.2, 0) is 4.79 Å². The van der Waals surface area contributed by atoms with E-state index in [1.807, 2.05) is 13.0 Å². The summed E-state index contributed by atoms with van der Waals surface area (Å²) in [5.41, 5.74) is 0. The zero-order chi connectivity index (χ0) is 11.1. The fourth-order valence-corrected chi connectivity index (χ4v) is 1.76. The second-order valence-corrected chi connectivity index (χ2v) is 3.85. The molecule has 0 heterocycles. The van der Waals surface area contributed by atoms with E-state index in [9.17, 15) is 9.90 Å². The summed E-state index contributed by atoms with van der Waals surface area (Å²) in [6.45, 7) is 1.90. The Kier molecular flexibility index (Phi) is 5.12. The Hall–Kier alpha value is -1.09. The third kappa shape index (κ3) is 4.30. The molecule has 0 aromatic rings. The van der Waals surface area contributed by atoms with Gasteiger partial charge in [0.05, 0.1) is 12.1 Å². The number of hydrogen-bond donors (Lipinski definition) is 2. The Bertz CT molecular complexity index is 258. The van der Waals surface area contributed by atoms with Crippen LogP contribution in [0.5, 0.6) is 0 Å². The number of carbonyl (C=O) groups excluding carboxylic acids is 1. The highest BCUT2D eigenvalue weighted by Gasteiger charge is 2.23. The fourth-order valence-electron chi connectivity index (χ4n) is 1.76. The van der Waals surface area contributed by atoms with Gasteiger partial charge in [0, 0.05) is 6.08 Å². The molecule has 0 radical (unpaired) electrons. The number of aliphatic hydroxyl groups excluding tert-OH is 1. The summed E-state index contributed by atoms with van der Waals surface area (Å²) in [5, 5.41) is 12.5. The summed E-state index contributed by atoms with van der Waals surface area (Å²) in [4.78, 5) is 11.4. The van der Waals surface area contributed by atoms with Crippen LogP contribution in [0, 0.1) is 0 Å². The van der Waals surface area contributed by atoms with Crippen molar-refractivity contribution in [3.05, 3.63) is 24.3 Å². The number of carbonyl (C=O) groups is 1. The Morgan fingerprint density at radius 2 is 2.07 bits per heavy atom. The number of rotatable bonds is 3. The molecule has 1 aliphatic carbocycles. The summed E-state index contributed by atoms with van der Waals surface area (Å²) in [6.07, 6.45) is 10.3. The molecule has 3 nitrogen and oxygen atoms in total. The average molecular weight is 209 g/mol. The highest BCUT2D eigenvalue weighted by molar-refractivity contribution is 5.88. The van der Waals surface area contributed by atoms with Crippen molar-refractivity contribution in [1.82, 2.24) is 5.32 Å². The van der Waals surface area contributed by atoms with Gasteiger partial charge in [0.25, 0.3) is 0 Å². The van der Waals surface area contributed by atoms with Gasteiger partial charge in [-0.1, -0.05) is 31.1 Å². The van der Waals surface area contributed by atoms with Crippen LogP contribution in [0.1, 0.15) is 32.6 Å². The number of amides is 1. The first kappa shape index (κ1) is 12.0. The van der Waals surface area contributed by atoms with E-state index in [1.165, 1.54) is 6.08 Å². The first-order valence-corrected chi connectivity index (χ1v) is 5.52. The Labute approximate surface area is 90.9 Å². The molecule has 3 heteroatoms. The lowest BCUT2D eigenvalue weighted by Gasteiger charge is -2.27. The molecule has 1 amide bonds. The molecule has 0 bridgehead atoms. The Morgan fingerprint density at radius 3 is 2.73 bits per heavy atom. The predicted molar refractivity (Wildman–Crippen MR) is 60.4 cm³/mol. The van der Waals surface area contributed by atoms with Gasteiger partial charge >= 0.3 is 0 Å². The van der Waals surface area contributed by atoms with Gasteiger partial charge in [-0.25, -0.2) is 0 Å². The largest absolute Gasteiger partial charge is 0.391 e. The summed E-state index contributed by atoms with van der Waals surface area (Å²) in [6, 6.07) is -0.0680. The maximum absolute atomic E-state index is 11.4. The molecule has 0 saturated heterocycles. The van der Waals surface area contributed by atoms with Crippen molar-refractivity contribution in [2.75, 3.05) is 0 Å². The van der Waals surface area contributed by atoms with Crippen LogP contribution in [-0.4, -0.2) is 23.2 Å². The number of allylic oxidation sites excluding steroid dienone is 3. The van der Waals surface area contributed by atoms with E-state index in [4.69, 9.17) is 0 Å². The fraction of sp³-hybridized carbons (Fsp3) is 0.583. The zero-order valence-electron chi connectivity index (χ0n) is 9.15. The molecule has 1 saturated carbocycles. The molecule has 15 heavy (non-hydrogen) atoms. The van der Waals surface area contributed by atoms with Crippen molar-refractivity contribution < 1.29 is 9.90 Å². The van der Waals surface area contributed by atoms with Gasteiger partial charge in [-0.05, 0) is 19.8 Å². The summed E-state index contributed by atoms with van der Waals surface area (Å²) >= 11 is 0. The van der Waals surface area contributed by atoms with Crippen molar-refractivity contribution >= 4 is 5.91 Å². The van der Waals surface area contributed by atoms with Gasteiger partial charge in [0.1, 0.15) is 0 Å². The topological polar surface area (TPSA) is 49.3 Å². The lowest BCUT2D eigenvalue weighted by molar-refractivity contribution is -0.118. The van der Waals surface area contributed by atoms with Crippen molar-refractivity contribution in [2.45, 2.75) is 44.8 Å². The molecular weight excluding hydrogens is 190 g/mol. The van der Waals surface area contributed by atoms with E-state index >= 15 is 0 Å². The smallest absolute Gasteiger partial charge is 0.244 e. The predicted octanol–water partition coefficient (Wildman–Crippen LogP) is 1.54. The van der Waals surface area contributed by atoms with Crippen LogP contribution in [0.4, 0.5) is 0 Å². The monoisotopic (exact) mass is 209 g/mol. The summed E-state index contributed by atoms with van der Waals surface area (Å²) in [5.74, 6) is -0.126. The Balaban J connectivity index is 2.36. The molecule has 2 N–H and O–H groups in total. The SMILES string of the molecule is CC=CC=CC(=O)NC1CCCCC1O. The minimum absolute atomic E-state index is 0.0680. The molecule has 1 rings (SSSR count). The van der Waals surface area contributed by atoms with Crippen LogP contribution in [0.15, 0.2) is 24.3 Å². The van der Waals surface area contributed by atoms with Crippen molar-refractivity contribution in [3.8, 4) is 0 Å². The lowest BCUT2D eigenvalue weighted by atomic mass is 9.92. The van der Waals surface area contributed by atoms with Crippen LogP contribution >= 0.6 is 0 Å². The molecule has 0 aromatic heterocycles. The first-order valence-electron chi connectivity index (χ1n) is 5.52. The zero-order valence-corrected chi connectivity index (χ0v) is 9.15. The first-order chi connectivity index (χ1) is 7.24. The third-order valence-corrected chi connectivity index (χ3v) is 2.61. The van der Waals surface area contributed by atoms with Gasteiger partial charge in [0.15, 0.2) is 0 Å². The molecule has 1 fully saturated rings. The highest BCUT2D eigenvalue weighted by atomic mass is 16.3. The van der Waals surface area contributed by atoms with E-state index in [0.717, 1.165) is 25.7 Å². The van der Waals surface area contributed by atoms with Gasteiger partial charge in [-0.15, -0.1) is 0 Å². The minimum Gasteiger partial charge on any atom is -0.391 e. The van der Waals surface area contributed by atoms with Crippen LogP contribution in [0.3, 0.4) is 0 Å². The Morgan fingerprint density at radius 1 is 1.33 bits per heavy atom. The average Bonchev–Trinajstić information content (AvgIpc) is 2.22. The number of aliphatic hydroxyl groups is 1. The second-order valence-electron chi connectivity index (χ2n) is 3.85. The minimum atomic E-state index is -0.377. The van der Waals surface area contributed by atoms with E-state index in [2.05, 4.69) is 5.32 Å². The second kappa shape index (κ2) is 6.40. The van der Waals surface area contributed by atoms with Crippen molar-refractivity contribution in [1.29, 1.82) is 0 Å². The quantitative estimate of drug-likeness (QED) is 0.547. The molecule has 0 aromatic carbocycles. The maximum atomic E-state index is 11.4. The number of hydrogen-bond acceptors (Lipinski definition) is 2. The van der Waals surface area contributed by atoms with E-state index in [1.54, 1.807) is 12.2 Å². The molecule has 2 unspecified atom stereocenters. The van der Waals surface area contributed by atoms with Crippen molar-refractivity contribution in [2.24, 2.45) is 0 Å². The van der Waals surface area contributed by atoms with Gasteiger partial charge in [-0.2, -0.15) is 0 Å². The molecule has 1 aliphatic rings. The molecule has 2 atom stereocenters. The maximum Gasteiger partial charge on any atom is 0.244 e.